The Bertz CT molecular complexity index is 523. The van der Waals surface area contributed by atoms with Crippen molar-refractivity contribution in [1.82, 2.24) is 4.90 Å². The number of carbonyl (C=O) groups is 1. The zero-order valence-corrected chi connectivity index (χ0v) is 14.3. The fraction of sp³-hybridized carbons (Fsp3) is 0.562. The number of anilines is 1. The highest BCUT2D eigenvalue weighted by Crippen LogP contribution is 2.22. The highest BCUT2D eigenvalue weighted by Gasteiger charge is 2.23. The Labute approximate surface area is 137 Å². The van der Waals surface area contributed by atoms with Gasteiger partial charge in [0.15, 0.2) is 5.78 Å². The van der Waals surface area contributed by atoms with E-state index in [0.29, 0.717) is 11.3 Å². The topological polar surface area (TPSA) is 49.6 Å². The summed E-state index contributed by atoms with van der Waals surface area (Å²) in [6.45, 7) is 9.59. The van der Waals surface area contributed by atoms with E-state index in [0.717, 1.165) is 32.7 Å². The normalized spacial score (nSPS) is 16.3. The minimum absolute atomic E-state index is 0. The van der Waals surface area contributed by atoms with Crippen molar-refractivity contribution in [1.29, 1.82) is 0 Å². The number of piperazine rings is 1. The molecule has 0 saturated carbocycles. The van der Waals surface area contributed by atoms with E-state index in [2.05, 4.69) is 4.90 Å². The number of benzene rings is 1. The second kappa shape index (κ2) is 7.40. The molecule has 2 N–H and O–H groups in total. The van der Waals surface area contributed by atoms with E-state index in [1.807, 2.05) is 18.7 Å². The summed E-state index contributed by atoms with van der Waals surface area (Å²) in [4.78, 5) is 15.6. The van der Waals surface area contributed by atoms with Crippen molar-refractivity contribution in [2.75, 3.05) is 37.6 Å². The van der Waals surface area contributed by atoms with Crippen LogP contribution in [0.1, 0.15) is 31.1 Å². The van der Waals surface area contributed by atoms with Gasteiger partial charge in [-0.25, -0.2) is 4.39 Å². The second-order valence-electron chi connectivity index (χ2n) is 6.47. The van der Waals surface area contributed by atoms with E-state index in [-0.39, 0.29) is 29.5 Å². The van der Waals surface area contributed by atoms with Crippen LogP contribution in [0.15, 0.2) is 18.2 Å². The molecule has 0 spiro atoms. The summed E-state index contributed by atoms with van der Waals surface area (Å²) in [7, 11) is 0. The van der Waals surface area contributed by atoms with Crippen molar-refractivity contribution >= 4 is 23.9 Å². The average molecular weight is 330 g/mol. The number of carbonyl (C=O) groups excluding carboxylic acids is 1. The Morgan fingerprint density at radius 3 is 2.32 bits per heavy atom. The van der Waals surface area contributed by atoms with Gasteiger partial charge in [0.2, 0.25) is 0 Å². The van der Waals surface area contributed by atoms with Gasteiger partial charge in [-0.15, -0.1) is 12.4 Å². The van der Waals surface area contributed by atoms with Crippen LogP contribution >= 0.6 is 12.4 Å². The zero-order chi connectivity index (χ0) is 15.6. The monoisotopic (exact) mass is 329 g/mol. The van der Waals surface area contributed by atoms with E-state index in [1.165, 1.54) is 13.0 Å². The van der Waals surface area contributed by atoms with E-state index in [1.54, 1.807) is 12.1 Å². The quantitative estimate of drug-likeness (QED) is 0.861. The molecule has 0 radical (unpaired) electrons. The van der Waals surface area contributed by atoms with Crippen LogP contribution in [0.3, 0.4) is 0 Å². The van der Waals surface area contributed by atoms with Crippen LogP contribution in [0.4, 0.5) is 10.1 Å². The molecule has 0 unspecified atom stereocenters. The number of nitrogens with zero attached hydrogens (tertiary/aromatic N) is 2. The molecular weight excluding hydrogens is 305 g/mol. The van der Waals surface area contributed by atoms with Gasteiger partial charge in [0, 0.05) is 43.8 Å². The van der Waals surface area contributed by atoms with Gasteiger partial charge in [-0.2, -0.15) is 0 Å². The van der Waals surface area contributed by atoms with Crippen LogP contribution in [0.25, 0.3) is 0 Å². The van der Waals surface area contributed by atoms with Gasteiger partial charge in [-0.1, -0.05) is 0 Å². The van der Waals surface area contributed by atoms with Gasteiger partial charge in [-0.3, -0.25) is 9.69 Å². The molecule has 0 aliphatic carbocycles. The molecule has 0 atom stereocenters. The maximum Gasteiger partial charge on any atom is 0.159 e. The van der Waals surface area contributed by atoms with E-state index >= 15 is 0 Å². The van der Waals surface area contributed by atoms with Gasteiger partial charge >= 0.3 is 0 Å². The Balaban J connectivity index is 0.00000242. The predicted molar refractivity (Wildman–Crippen MR) is 90.6 cm³/mol. The van der Waals surface area contributed by atoms with Crippen molar-refractivity contribution < 1.29 is 9.18 Å². The number of halogens is 2. The molecule has 1 aliphatic heterocycles. The first-order chi connectivity index (χ1) is 9.76. The van der Waals surface area contributed by atoms with E-state index in [4.69, 9.17) is 5.73 Å². The van der Waals surface area contributed by atoms with Crippen molar-refractivity contribution in [3.63, 3.8) is 0 Å². The van der Waals surface area contributed by atoms with Crippen molar-refractivity contribution in [2.45, 2.75) is 26.3 Å². The molecule has 1 aliphatic rings. The molecule has 0 amide bonds. The van der Waals surface area contributed by atoms with Gasteiger partial charge in [-0.05, 0) is 39.0 Å². The lowest BCUT2D eigenvalue weighted by molar-refractivity contribution is 0.101. The first kappa shape index (κ1) is 18.9. The highest BCUT2D eigenvalue weighted by atomic mass is 35.5. The first-order valence-corrected chi connectivity index (χ1v) is 7.33. The van der Waals surface area contributed by atoms with Gasteiger partial charge in [0.1, 0.15) is 5.82 Å². The lowest BCUT2D eigenvalue weighted by atomic mass is 10.1. The largest absolute Gasteiger partial charge is 0.367 e. The fourth-order valence-corrected chi connectivity index (χ4v) is 2.71. The van der Waals surface area contributed by atoms with Crippen LogP contribution in [0.2, 0.25) is 0 Å². The second-order valence-corrected chi connectivity index (χ2v) is 6.47. The molecule has 6 heteroatoms. The summed E-state index contributed by atoms with van der Waals surface area (Å²) in [5.41, 5.74) is 6.81. The Morgan fingerprint density at radius 1 is 1.27 bits per heavy atom. The van der Waals surface area contributed by atoms with Crippen molar-refractivity contribution in [3.8, 4) is 0 Å². The number of Topliss-reactive ketones (excluding diaryl/α,β-unsaturated/α-hetero) is 1. The fourth-order valence-electron chi connectivity index (χ4n) is 2.71. The zero-order valence-electron chi connectivity index (χ0n) is 13.4. The third-order valence-corrected chi connectivity index (χ3v) is 3.70. The molecule has 2 rings (SSSR count). The molecule has 1 heterocycles. The van der Waals surface area contributed by atoms with Crippen LogP contribution in [0.5, 0.6) is 0 Å². The van der Waals surface area contributed by atoms with E-state index in [9.17, 15) is 9.18 Å². The number of hydrogen-bond acceptors (Lipinski definition) is 4. The third kappa shape index (κ3) is 4.93. The molecule has 1 aromatic rings. The SMILES string of the molecule is CC(=O)c1ccc(N2CCN(CC(C)(C)N)CC2)c(F)c1.Cl. The van der Waals surface area contributed by atoms with E-state index < -0.39 is 0 Å². The number of ketones is 1. The van der Waals surface area contributed by atoms with Crippen molar-refractivity contribution in [2.24, 2.45) is 5.73 Å². The third-order valence-electron chi connectivity index (χ3n) is 3.70. The van der Waals surface area contributed by atoms with Gasteiger partial charge < -0.3 is 10.6 Å². The molecule has 1 saturated heterocycles. The molecular formula is C16H25ClFN3O. The van der Waals surface area contributed by atoms with Crippen LogP contribution in [0, 0.1) is 5.82 Å². The standard InChI is InChI=1S/C16H24FN3O.ClH/c1-12(21)13-4-5-15(14(17)10-13)20-8-6-19(7-9-20)11-16(2,3)18;/h4-5,10H,6-9,11,18H2,1-3H3;1H. The summed E-state index contributed by atoms with van der Waals surface area (Å²) >= 11 is 0. The summed E-state index contributed by atoms with van der Waals surface area (Å²) in [5, 5.41) is 0. The highest BCUT2D eigenvalue weighted by molar-refractivity contribution is 5.94. The molecule has 124 valence electrons. The first-order valence-electron chi connectivity index (χ1n) is 7.33. The maximum absolute atomic E-state index is 14.1. The predicted octanol–water partition coefficient (Wildman–Crippen LogP) is 2.31. The summed E-state index contributed by atoms with van der Waals surface area (Å²) in [6.07, 6.45) is 0. The summed E-state index contributed by atoms with van der Waals surface area (Å²) < 4.78 is 14.1. The smallest absolute Gasteiger partial charge is 0.159 e. The number of nitrogens with two attached hydrogens (primary N) is 1. The summed E-state index contributed by atoms with van der Waals surface area (Å²) in [6, 6.07) is 4.72. The number of rotatable bonds is 4. The van der Waals surface area contributed by atoms with Crippen LogP contribution in [-0.2, 0) is 0 Å². The molecule has 22 heavy (non-hydrogen) atoms. The number of hydrogen-bond donors (Lipinski definition) is 1. The Hall–Kier alpha value is -1.17. The Morgan fingerprint density at radius 2 is 1.86 bits per heavy atom. The lowest BCUT2D eigenvalue weighted by Crippen LogP contribution is -2.53. The molecule has 4 nitrogen and oxygen atoms in total. The minimum atomic E-state index is -0.324. The Kier molecular flexibility index (Phi) is 6.35. The molecule has 1 aromatic carbocycles. The van der Waals surface area contributed by atoms with Gasteiger partial charge in [0.25, 0.3) is 0 Å². The maximum atomic E-state index is 14.1. The summed E-state index contributed by atoms with van der Waals surface area (Å²) in [5.74, 6) is -0.439. The molecule has 0 aromatic heterocycles. The molecule has 1 fully saturated rings. The van der Waals surface area contributed by atoms with Crippen LogP contribution in [-0.4, -0.2) is 48.9 Å². The average Bonchev–Trinajstić information content (AvgIpc) is 2.38. The van der Waals surface area contributed by atoms with Gasteiger partial charge in [0.05, 0.1) is 5.69 Å². The molecule has 0 bridgehead atoms. The van der Waals surface area contributed by atoms with Crippen molar-refractivity contribution in [3.05, 3.63) is 29.6 Å². The lowest BCUT2D eigenvalue weighted by Gasteiger charge is -2.38. The van der Waals surface area contributed by atoms with Crippen LogP contribution < -0.4 is 10.6 Å². The minimum Gasteiger partial charge on any atom is -0.367 e.